The first-order chi connectivity index (χ1) is 13.0. The predicted octanol–water partition coefficient (Wildman–Crippen LogP) is 5.65. The van der Waals surface area contributed by atoms with Gasteiger partial charge in [0, 0.05) is 10.5 Å². The maximum Gasteiger partial charge on any atom is 0.353 e. The van der Waals surface area contributed by atoms with Crippen molar-refractivity contribution >= 4 is 45.1 Å². The average molecular weight is 441 g/mol. The molecule has 0 radical (unpaired) electrons. The van der Waals surface area contributed by atoms with Crippen LogP contribution in [0.1, 0.15) is 31.2 Å². The monoisotopic (exact) mass is 440 g/mol. The quantitative estimate of drug-likeness (QED) is 0.299. The van der Waals surface area contributed by atoms with Gasteiger partial charge in [0.1, 0.15) is 16.4 Å². The Balaban J connectivity index is 1.62. The second kappa shape index (κ2) is 7.13. The largest absolute Gasteiger partial charge is 0.452 e. The van der Waals surface area contributed by atoms with Crippen molar-refractivity contribution in [1.82, 2.24) is 0 Å². The first kappa shape index (κ1) is 17.7. The number of halogens is 1. The van der Waals surface area contributed by atoms with Crippen LogP contribution in [-0.2, 0) is 0 Å². The number of aryl methyl sites for hydroxylation is 1. The molecule has 134 valence electrons. The first-order valence-electron chi connectivity index (χ1n) is 8.11. The summed E-state index contributed by atoms with van der Waals surface area (Å²) in [6.45, 7) is 1.80. The molecule has 2 heterocycles. The molecule has 6 heteroatoms. The Morgan fingerprint density at radius 2 is 1.96 bits per heavy atom. The minimum Gasteiger partial charge on any atom is -0.452 e. The number of allylic oxidation sites excluding steroid dienone is 1. The Labute approximate surface area is 168 Å². The summed E-state index contributed by atoms with van der Waals surface area (Å²) in [5, 5.41) is 1.81. The number of ether oxygens (including phenoxy) is 2. The molecule has 3 aromatic rings. The van der Waals surface area contributed by atoms with Gasteiger partial charge in [-0.25, -0.2) is 4.79 Å². The molecule has 1 aliphatic heterocycles. The van der Waals surface area contributed by atoms with E-state index in [1.54, 1.807) is 37.3 Å². The lowest BCUT2D eigenvalue weighted by Crippen LogP contribution is -2.06. The van der Waals surface area contributed by atoms with Gasteiger partial charge < -0.3 is 9.47 Å². The minimum atomic E-state index is -0.431. The molecule has 0 amide bonds. The molecule has 0 atom stereocenters. The number of ketones is 1. The number of carbonyl (C=O) groups is 2. The number of hydrogen-bond donors (Lipinski definition) is 0. The molecular formula is C21H13BrO4S. The second-order valence-corrected chi connectivity index (χ2v) is 7.83. The van der Waals surface area contributed by atoms with E-state index >= 15 is 0 Å². The van der Waals surface area contributed by atoms with Crippen LogP contribution in [0, 0.1) is 6.92 Å². The summed E-state index contributed by atoms with van der Waals surface area (Å²) in [6, 6.07) is 14.3. The van der Waals surface area contributed by atoms with Crippen LogP contribution < -0.4 is 9.47 Å². The van der Waals surface area contributed by atoms with Crippen molar-refractivity contribution in [1.29, 1.82) is 0 Å². The first-order valence-corrected chi connectivity index (χ1v) is 9.78. The Hall–Kier alpha value is -2.70. The molecule has 0 spiro atoms. The molecule has 0 N–H and O–H groups in total. The fourth-order valence-electron chi connectivity index (χ4n) is 2.80. The number of rotatable bonds is 3. The van der Waals surface area contributed by atoms with Crippen LogP contribution in [0.2, 0.25) is 0 Å². The summed E-state index contributed by atoms with van der Waals surface area (Å²) in [6.07, 6.45) is 1.70. The topological polar surface area (TPSA) is 52.6 Å². The Morgan fingerprint density at radius 3 is 2.67 bits per heavy atom. The lowest BCUT2D eigenvalue weighted by molar-refractivity contribution is 0.0739. The van der Waals surface area contributed by atoms with Crippen molar-refractivity contribution in [2.24, 2.45) is 0 Å². The van der Waals surface area contributed by atoms with Gasteiger partial charge in [-0.05, 0) is 53.8 Å². The van der Waals surface area contributed by atoms with Crippen LogP contribution in [-0.4, -0.2) is 11.8 Å². The SMILES string of the molecule is Cc1cc(OC(=O)c2cccs2)cc2c1C(=O)/C(=C/c1ccc(Br)cc1)O2. The van der Waals surface area contributed by atoms with Gasteiger partial charge in [0.05, 0.1) is 5.56 Å². The average Bonchev–Trinajstić information content (AvgIpc) is 3.26. The van der Waals surface area contributed by atoms with Gasteiger partial charge in [-0.3, -0.25) is 4.79 Å². The van der Waals surface area contributed by atoms with Gasteiger partial charge in [-0.2, -0.15) is 0 Å². The Kier molecular flexibility index (Phi) is 4.68. The van der Waals surface area contributed by atoms with Gasteiger partial charge in [-0.1, -0.05) is 34.1 Å². The van der Waals surface area contributed by atoms with E-state index < -0.39 is 5.97 Å². The number of benzene rings is 2. The van der Waals surface area contributed by atoms with E-state index in [1.165, 1.54) is 11.3 Å². The number of esters is 1. The molecule has 27 heavy (non-hydrogen) atoms. The molecule has 0 saturated carbocycles. The normalized spacial score (nSPS) is 14.1. The van der Waals surface area contributed by atoms with E-state index in [2.05, 4.69) is 15.9 Å². The van der Waals surface area contributed by atoms with Gasteiger partial charge in [0.2, 0.25) is 5.78 Å². The molecular weight excluding hydrogens is 428 g/mol. The molecule has 4 nitrogen and oxygen atoms in total. The number of Topliss-reactive ketones (excluding diaryl/α,β-unsaturated/α-hetero) is 1. The van der Waals surface area contributed by atoms with E-state index in [4.69, 9.17) is 9.47 Å². The third kappa shape index (κ3) is 3.59. The van der Waals surface area contributed by atoms with Crippen LogP contribution in [0.25, 0.3) is 6.08 Å². The molecule has 4 rings (SSSR count). The summed E-state index contributed by atoms with van der Waals surface area (Å²) < 4.78 is 12.1. The van der Waals surface area contributed by atoms with Gasteiger partial charge in [-0.15, -0.1) is 11.3 Å². The highest BCUT2D eigenvalue weighted by atomic mass is 79.9. The van der Waals surface area contributed by atoms with E-state index in [9.17, 15) is 9.59 Å². The zero-order chi connectivity index (χ0) is 19.0. The van der Waals surface area contributed by atoms with Crippen molar-refractivity contribution in [3.05, 3.63) is 85.7 Å². The number of thiophene rings is 1. The van der Waals surface area contributed by atoms with E-state index in [-0.39, 0.29) is 11.5 Å². The molecule has 0 bridgehead atoms. The van der Waals surface area contributed by atoms with Crippen molar-refractivity contribution in [2.75, 3.05) is 0 Å². The third-order valence-corrected chi connectivity index (χ3v) is 5.42. The van der Waals surface area contributed by atoms with Crippen molar-refractivity contribution in [2.45, 2.75) is 6.92 Å². The standard InChI is InChI=1S/C21H13BrO4S/c1-12-9-15(25-21(24)18-3-2-8-27-18)11-16-19(12)20(23)17(26-16)10-13-4-6-14(22)7-5-13/h2-11H,1H3/b17-10-. The van der Waals surface area contributed by atoms with Gasteiger partial charge in [0.25, 0.3) is 0 Å². The van der Waals surface area contributed by atoms with E-state index in [0.29, 0.717) is 27.5 Å². The maximum atomic E-state index is 12.7. The van der Waals surface area contributed by atoms with Crippen LogP contribution in [0.3, 0.4) is 0 Å². The highest BCUT2D eigenvalue weighted by Gasteiger charge is 2.30. The van der Waals surface area contributed by atoms with Crippen molar-refractivity contribution in [3.63, 3.8) is 0 Å². The molecule has 1 aromatic heterocycles. The highest BCUT2D eigenvalue weighted by Crippen LogP contribution is 2.37. The summed E-state index contributed by atoms with van der Waals surface area (Å²) in [4.78, 5) is 25.4. The Morgan fingerprint density at radius 1 is 1.19 bits per heavy atom. The molecule has 0 aliphatic carbocycles. The smallest absolute Gasteiger partial charge is 0.353 e. The fourth-order valence-corrected chi connectivity index (χ4v) is 3.66. The Bertz CT molecular complexity index is 1070. The van der Waals surface area contributed by atoms with Crippen molar-refractivity contribution in [3.8, 4) is 11.5 Å². The molecule has 0 saturated heterocycles. The lowest BCUT2D eigenvalue weighted by atomic mass is 10.0. The summed E-state index contributed by atoms with van der Waals surface area (Å²) in [7, 11) is 0. The molecule has 2 aromatic carbocycles. The van der Waals surface area contributed by atoms with Gasteiger partial charge >= 0.3 is 5.97 Å². The van der Waals surface area contributed by atoms with Crippen LogP contribution in [0.15, 0.2) is 64.1 Å². The molecule has 1 aliphatic rings. The van der Waals surface area contributed by atoms with Crippen LogP contribution in [0.4, 0.5) is 0 Å². The zero-order valence-corrected chi connectivity index (χ0v) is 16.6. The summed E-state index contributed by atoms with van der Waals surface area (Å²) in [5.41, 5.74) is 2.05. The molecule has 0 fully saturated rings. The maximum absolute atomic E-state index is 12.7. The number of carbonyl (C=O) groups excluding carboxylic acids is 2. The molecule has 0 unspecified atom stereocenters. The minimum absolute atomic E-state index is 0.179. The van der Waals surface area contributed by atoms with E-state index in [0.717, 1.165) is 10.0 Å². The predicted molar refractivity (Wildman–Crippen MR) is 108 cm³/mol. The lowest BCUT2D eigenvalue weighted by Gasteiger charge is -2.06. The zero-order valence-electron chi connectivity index (χ0n) is 14.2. The van der Waals surface area contributed by atoms with Crippen LogP contribution >= 0.6 is 27.3 Å². The second-order valence-electron chi connectivity index (χ2n) is 5.97. The van der Waals surface area contributed by atoms with Crippen molar-refractivity contribution < 1.29 is 19.1 Å². The van der Waals surface area contributed by atoms with E-state index in [1.807, 2.05) is 29.6 Å². The number of fused-ring (bicyclic) bond motifs is 1. The summed E-state index contributed by atoms with van der Waals surface area (Å²) >= 11 is 4.70. The number of hydrogen-bond acceptors (Lipinski definition) is 5. The van der Waals surface area contributed by atoms with Gasteiger partial charge in [0.15, 0.2) is 5.76 Å². The fraction of sp³-hybridized carbons (Fsp3) is 0.0476. The highest BCUT2D eigenvalue weighted by molar-refractivity contribution is 9.10. The van der Waals surface area contributed by atoms with Crippen LogP contribution in [0.5, 0.6) is 11.5 Å². The summed E-state index contributed by atoms with van der Waals surface area (Å²) in [5.74, 6) is 0.387. The third-order valence-electron chi connectivity index (χ3n) is 4.04.